The average molecular weight is 470 g/mol. The summed E-state index contributed by atoms with van der Waals surface area (Å²) in [6, 6.07) is 10.3. The fraction of sp³-hybridized carbons (Fsp3) is 0.370. The first-order chi connectivity index (χ1) is 17.1. The molecule has 0 bridgehead atoms. The molecule has 8 nitrogen and oxygen atoms in total. The Hall–Kier alpha value is -3.49. The topological polar surface area (TPSA) is 94.0 Å². The lowest BCUT2D eigenvalue weighted by molar-refractivity contribution is 0.0695. The minimum atomic E-state index is 0.0247. The third kappa shape index (κ3) is 3.83. The van der Waals surface area contributed by atoms with Crippen molar-refractivity contribution in [3.05, 3.63) is 54.2 Å². The summed E-state index contributed by atoms with van der Waals surface area (Å²) in [6.07, 6.45) is 8.09. The predicted molar refractivity (Wildman–Crippen MR) is 139 cm³/mol. The summed E-state index contributed by atoms with van der Waals surface area (Å²) in [7, 11) is 0. The standard InChI is InChI=1S/C27H31N7O/c1-3-33-24-17(2)12-20(27(35)32-11-5-7-21(16-32)31-28)13-22(24)30-26(33)23-14-19-6-4-10-29-25(19)34(23)15-18-8-9-18/h3-4,6,10,12-14,18,21,31H,1,5,7-9,11,15-16,28H2,2H3/t21-/m1/s1. The molecule has 1 atom stereocenters. The maximum atomic E-state index is 13.4. The number of rotatable bonds is 6. The Morgan fingerprint density at radius 2 is 2.14 bits per heavy atom. The number of fused-ring (bicyclic) bond motifs is 2. The SMILES string of the molecule is C=Cn1c(-c2cc3cccnc3n2CC2CC2)nc2cc(C(=O)N3CCC[C@@H](NN)C3)cc(C)c21. The van der Waals surface area contributed by atoms with Crippen LogP contribution in [0.5, 0.6) is 0 Å². The molecule has 180 valence electrons. The van der Waals surface area contributed by atoms with Gasteiger partial charge in [0.05, 0.1) is 16.7 Å². The highest BCUT2D eigenvalue weighted by Gasteiger charge is 2.28. The van der Waals surface area contributed by atoms with Gasteiger partial charge in [-0.05, 0) is 74.4 Å². The molecular formula is C27H31N7O. The summed E-state index contributed by atoms with van der Waals surface area (Å²) in [5.74, 6) is 7.19. The molecule has 1 saturated heterocycles. The number of nitrogens with two attached hydrogens (primary N) is 1. The number of hydrazine groups is 1. The van der Waals surface area contributed by atoms with Gasteiger partial charge in [-0.25, -0.2) is 9.97 Å². The van der Waals surface area contributed by atoms with Crippen molar-refractivity contribution in [2.45, 2.75) is 45.2 Å². The van der Waals surface area contributed by atoms with Crippen LogP contribution in [0.3, 0.4) is 0 Å². The monoisotopic (exact) mass is 469 g/mol. The minimum absolute atomic E-state index is 0.0247. The summed E-state index contributed by atoms with van der Waals surface area (Å²) >= 11 is 0. The number of benzene rings is 1. The number of piperidine rings is 1. The van der Waals surface area contributed by atoms with Crippen LogP contribution >= 0.6 is 0 Å². The molecule has 1 aliphatic carbocycles. The predicted octanol–water partition coefficient (Wildman–Crippen LogP) is 3.94. The van der Waals surface area contributed by atoms with E-state index in [4.69, 9.17) is 10.8 Å². The molecule has 1 aliphatic heterocycles. The molecule has 0 radical (unpaired) electrons. The number of pyridine rings is 1. The van der Waals surface area contributed by atoms with Crippen LogP contribution in [0.4, 0.5) is 0 Å². The van der Waals surface area contributed by atoms with Gasteiger partial charge in [0.1, 0.15) is 5.65 Å². The Morgan fingerprint density at radius 1 is 1.29 bits per heavy atom. The van der Waals surface area contributed by atoms with Crippen LogP contribution in [-0.2, 0) is 6.54 Å². The molecule has 3 N–H and O–H groups in total. The third-order valence-corrected chi connectivity index (χ3v) is 7.37. The largest absolute Gasteiger partial charge is 0.337 e. The number of imidazole rings is 1. The number of aromatic nitrogens is 4. The highest BCUT2D eigenvalue weighted by atomic mass is 16.2. The van der Waals surface area contributed by atoms with E-state index in [1.54, 1.807) is 0 Å². The molecule has 4 heterocycles. The Labute approximate surface area is 204 Å². The molecule has 2 aliphatic rings. The van der Waals surface area contributed by atoms with E-state index in [0.717, 1.165) is 65.1 Å². The zero-order valence-electron chi connectivity index (χ0n) is 20.1. The van der Waals surface area contributed by atoms with E-state index in [0.29, 0.717) is 18.0 Å². The molecule has 8 heteroatoms. The van der Waals surface area contributed by atoms with Crippen molar-refractivity contribution < 1.29 is 4.79 Å². The van der Waals surface area contributed by atoms with Crippen molar-refractivity contribution in [3.63, 3.8) is 0 Å². The number of likely N-dealkylation sites (tertiary alicyclic amines) is 1. The number of amides is 1. The van der Waals surface area contributed by atoms with Crippen LogP contribution < -0.4 is 11.3 Å². The summed E-state index contributed by atoms with van der Waals surface area (Å²) in [6.45, 7) is 8.42. The van der Waals surface area contributed by atoms with E-state index in [1.165, 1.54) is 12.8 Å². The van der Waals surface area contributed by atoms with Gasteiger partial charge in [-0.3, -0.25) is 20.6 Å². The number of carbonyl (C=O) groups excluding carboxylic acids is 1. The lowest BCUT2D eigenvalue weighted by Gasteiger charge is -2.32. The summed E-state index contributed by atoms with van der Waals surface area (Å²) in [5, 5.41) is 1.10. The third-order valence-electron chi connectivity index (χ3n) is 7.37. The second-order valence-corrected chi connectivity index (χ2v) is 9.91. The highest BCUT2D eigenvalue weighted by Crippen LogP contribution is 2.36. The van der Waals surface area contributed by atoms with Gasteiger partial charge >= 0.3 is 0 Å². The van der Waals surface area contributed by atoms with E-state index in [1.807, 2.05) is 47.0 Å². The summed E-state index contributed by atoms with van der Waals surface area (Å²) < 4.78 is 4.34. The van der Waals surface area contributed by atoms with Gasteiger partial charge in [-0.2, -0.15) is 0 Å². The number of aryl methyl sites for hydroxylation is 1. The summed E-state index contributed by atoms with van der Waals surface area (Å²) in [4.78, 5) is 25.0. The van der Waals surface area contributed by atoms with Crippen LogP contribution in [0.2, 0.25) is 0 Å². The Morgan fingerprint density at radius 3 is 2.91 bits per heavy atom. The second-order valence-electron chi connectivity index (χ2n) is 9.91. The van der Waals surface area contributed by atoms with Gasteiger partial charge in [0.2, 0.25) is 0 Å². The molecule has 2 fully saturated rings. The molecule has 0 spiro atoms. The number of nitrogens with one attached hydrogen (secondary N) is 1. The van der Waals surface area contributed by atoms with Gasteiger partial charge in [0.15, 0.2) is 5.82 Å². The average Bonchev–Trinajstić information content (AvgIpc) is 3.52. The van der Waals surface area contributed by atoms with Crippen molar-refractivity contribution in [3.8, 4) is 11.5 Å². The maximum Gasteiger partial charge on any atom is 0.253 e. The quantitative estimate of drug-likeness (QED) is 0.330. The first-order valence-electron chi connectivity index (χ1n) is 12.4. The van der Waals surface area contributed by atoms with E-state index in [2.05, 4.69) is 33.7 Å². The molecule has 1 aromatic carbocycles. The van der Waals surface area contributed by atoms with Gasteiger partial charge in [0.25, 0.3) is 5.91 Å². The minimum Gasteiger partial charge on any atom is -0.337 e. The number of hydrogen-bond acceptors (Lipinski definition) is 5. The highest BCUT2D eigenvalue weighted by molar-refractivity contribution is 5.99. The van der Waals surface area contributed by atoms with E-state index >= 15 is 0 Å². The number of hydrogen-bond donors (Lipinski definition) is 2. The smallest absolute Gasteiger partial charge is 0.253 e. The summed E-state index contributed by atoms with van der Waals surface area (Å²) in [5.41, 5.74) is 8.27. The lowest BCUT2D eigenvalue weighted by atomic mass is 10.0. The fourth-order valence-electron chi connectivity index (χ4n) is 5.41. The van der Waals surface area contributed by atoms with E-state index in [9.17, 15) is 4.79 Å². The van der Waals surface area contributed by atoms with Crippen LogP contribution in [0, 0.1) is 12.8 Å². The Bertz CT molecular complexity index is 1450. The van der Waals surface area contributed by atoms with Gasteiger partial charge < -0.3 is 9.47 Å². The lowest BCUT2D eigenvalue weighted by Crippen LogP contribution is -2.50. The molecule has 35 heavy (non-hydrogen) atoms. The van der Waals surface area contributed by atoms with Gasteiger partial charge in [0, 0.05) is 49.0 Å². The Balaban J connectivity index is 1.46. The number of carbonyl (C=O) groups is 1. The molecule has 0 unspecified atom stereocenters. The second kappa shape index (κ2) is 8.62. The molecular weight excluding hydrogens is 438 g/mol. The van der Waals surface area contributed by atoms with Crippen molar-refractivity contribution in [2.24, 2.45) is 11.8 Å². The van der Waals surface area contributed by atoms with Crippen molar-refractivity contribution in [1.29, 1.82) is 0 Å². The van der Waals surface area contributed by atoms with Crippen LogP contribution in [0.1, 0.15) is 41.6 Å². The van der Waals surface area contributed by atoms with E-state index in [-0.39, 0.29) is 11.9 Å². The fourth-order valence-corrected chi connectivity index (χ4v) is 5.41. The molecule has 1 amide bonds. The number of nitrogens with zero attached hydrogens (tertiary/aromatic N) is 5. The van der Waals surface area contributed by atoms with Gasteiger partial charge in [-0.15, -0.1) is 0 Å². The molecule has 4 aromatic rings. The Kier molecular flexibility index (Phi) is 5.42. The zero-order chi connectivity index (χ0) is 24.1. The maximum absolute atomic E-state index is 13.4. The van der Waals surface area contributed by atoms with Crippen LogP contribution in [0.25, 0.3) is 39.8 Å². The molecule has 3 aromatic heterocycles. The van der Waals surface area contributed by atoms with Crippen molar-refractivity contribution >= 4 is 34.2 Å². The normalized spacial score (nSPS) is 18.5. The first kappa shape index (κ1) is 22.0. The van der Waals surface area contributed by atoms with Crippen LogP contribution in [0.15, 0.2) is 43.1 Å². The molecule has 1 saturated carbocycles. The zero-order valence-corrected chi connectivity index (χ0v) is 20.1. The van der Waals surface area contributed by atoms with Crippen molar-refractivity contribution in [1.82, 2.24) is 29.4 Å². The van der Waals surface area contributed by atoms with Crippen LogP contribution in [-0.4, -0.2) is 49.0 Å². The van der Waals surface area contributed by atoms with Crippen molar-refractivity contribution in [2.75, 3.05) is 13.1 Å². The van der Waals surface area contributed by atoms with E-state index < -0.39 is 0 Å². The first-order valence-corrected chi connectivity index (χ1v) is 12.4. The molecule has 6 rings (SSSR count). The van der Waals surface area contributed by atoms with Gasteiger partial charge in [-0.1, -0.05) is 6.58 Å².